The maximum absolute atomic E-state index is 5.90. The van der Waals surface area contributed by atoms with Crippen LogP contribution in [0.2, 0.25) is 0 Å². The number of hydrogen-bond donors (Lipinski definition) is 1. The van der Waals surface area contributed by atoms with E-state index in [1.54, 1.807) is 0 Å². The van der Waals surface area contributed by atoms with Crippen molar-refractivity contribution in [3.63, 3.8) is 0 Å². The van der Waals surface area contributed by atoms with Gasteiger partial charge in [0.25, 0.3) is 0 Å². The molecule has 0 aromatic rings. The van der Waals surface area contributed by atoms with E-state index in [-0.39, 0.29) is 0 Å². The molecule has 0 spiro atoms. The molecular formula is C14H26N2. The molecule has 0 aliphatic heterocycles. The van der Waals surface area contributed by atoms with Gasteiger partial charge in [-0.15, -0.1) is 0 Å². The maximum Gasteiger partial charge on any atom is 0.0229 e. The summed E-state index contributed by atoms with van der Waals surface area (Å²) in [7, 11) is 2.29. The number of nitrogens with two attached hydrogens (primary N) is 1. The van der Waals surface area contributed by atoms with Crippen LogP contribution in [0.5, 0.6) is 0 Å². The molecule has 1 saturated carbocycles. The molecule has 2 nitrogen and oxygen atoms in total. The van der Waals surface area contributed by atoms with E-state index in [4.69, 9.17) is 5.73 Å². The first-order valence-corrected chi connectivity index (χ1v) is 6.79. The summed E-state index contributed by atoms with van der Waals surface area (Å²) in [6, 6.07) is 1.12. The van der Waals surface area contributed by atoms with E-state index in [0.29, 0.717) is 12.0 Å². The van der Waals surface area contributed by atoms with Gasteiger partial charge in [0.05, 0.1) is 0 Å². The zero-order valence-electron chi connectivity index (χ0n) is 10.7. The van der Waals surface area contributed by atoms with Crippen LogP contribution in [0.15, 0.2) is 12.2 Å². The van der Waals surface area contributed by atoms with Crippen molar-refractivity contribution in [2.45, 2.75) is 51.1 Å². The van der Waals surface area contributed by atoms with Crippen molar-refractivity contribution < 1.29 is 0 Å². The van der Waals surface area contributed by atoms with Crippen molar-refractivity contribution in [3.8, 4) is 0 Å². The van der Waals surface area contributed by atoms with Gasteiger partial charge in [-0.3, -0.25) is 0 Å². The molecule has 0 heterocycles. The van der Waals surface area contributed by atoms with Crippen LogP contribution in [-0.4, -0.2) is 30.6 Å². The lowest BCUT2D eigenvalue weighted by atomic mass is 9.86. The molecule has 0 aromatic carbocycles. The Morgan fingerprint density at radius 3 is 2.69 bits per heavy atom. The Labute approximate surface area is 99.9 Å². The predicted octanol–water partition coefficient (Wildman–Crippen LogP) is 2.40. The third-order valence-corrected chi connectivity index (χ3v) is 4.26. The lowest BCUT2D eigenvalue weighted by Gasteiger charge is -2.35. The molecule has 0 bridgehead atoms. The van der Waals surface area contributed by atoms with Crippen molar-refractivity contribution in [2.75, 3.05) is 13.6 Å². The van der Waals surface area contributed by atoms with Gasteiger partial charge in [0.2, 0.25) is 0 Å². The molecule has 2 heteroatoms. The van der Waals surface area contributed by atoms with Gasteiger partial charge in [-0.05, 0) is 38.1 Å². The van der Waals surface area contributed by atoms with Crippen LogP contribution in [0.25, 0.3) is 0 Å². The molecule has 2 N–H and O–H groups in total. The summed E-state index contributed by atoms with van der Waals surface area (Å²) in [5.41, 5.74) is 5.90. The third-order valence-electron chi connectivity index (χ3n) is 4.26. The Bertz CT molecular complexity index is 249. The highest BCUT2D eigenvalue weighted by Gasteiger charge is 2.25. The monoisotopic (exact) mass is 222 g/mol. The molecule has 4 atom stereocenters. The molecular weight excluding hydrogens is 196 g/mol. The fourth-order valence-electron chi connectivity index (χ4n) is 3.26. The summed E-state index contributed by atoms with van der Waals surface area (Å²) in [4.78, 5) is 2.57. The minimum Gasteiger partial charge on any atom is -0.324 e. The van der Waals surface area contributed by atoms with Gasteiger partial charge < -0.3 is 10.6 Å². The highest BCUT2D eigenvalue weighted by molar-refractivity contribution is 5.05. The molecule has 2 aliphatic rings. The van der Waals surface area contributed by atoms with Gasteiger partial charge in [-0.25, -0.2) is 0 Å². The second-order valence-corrected chi connectivity index (χ2v) is 5.91. The molecule has 0 saturated heterocycles. The van der Waals surface area contributed by atoms with Crippen molar-refractivity contribution in [1.82, 2.24) is 4.90 Å². The fourth-order valence-corrected chi connectivity index (χ4v) is 3.26. The first-order valence-electron chi connectivity index (χ1n) is 6.79. The molecule has 1 fully saturated rings. The third kappa shape index (κ3) is 3.08. The standard InChI is InChI=1S/C14H26N2/c1-11-4-3-5-14(8-11)16(2)10-12-6-7-13(15)9-12/h6-7,11-14H,3-5,8-10,15H2,1-2H3. The smallest absolute Gasteiger partial charge is 0.0229 e. The van der Waals surface area contributed by atoms with Crippen LogP contribution in [0.1, 0.15) is 39.0 Å². The SMILES string of the molecule is CC1CCCC(N(C)CC2C=CC(N)C2)C1. The van der Waals surface area contributed by atoms with Gasteiger partial charge in [-0.1, -0.05) is 31.9 Å². The van der Waals surface area contributed by atoms with Gasteiger partial charge in [0, 0.05) is 18.6 Å². The lowest BCUT2D eigenvalue weighted by molar-refractivity contribution is 0.151. The van der Waals surface area contributed by atoms with Crippen molar-refractivity contribution in [3.05, 3.63) is 12.2 Å². The summed E-state index contributed by atoms with van der Waals surface area (Å²) in [6.07, 6.45) is 11.2. The van der Waals surface area contributed by atoms with E-state index >= 15 is 0 Å². The molecule has 92 valence electrons. The van der Waals surface area contributed by atoms with Crippen LogP contribution in [0, 0.1) is 11.8 Å². The van der Waals surface area contributed by atoms with E-state index in [1.165, 1.54) is 32.2 Å². The Balaban J connectivity index is 1.78. The summed E-state index contributed by atoms with van der Waals surface area (Å²) in [5, 5.41) is 0. The predicted molar refractivity (Wildman–Crippen MR) is 69.3 cm³/mol. The first-order chi connectivity index (χ1) is 7.65. The van der Waals surface area contributed by atoms with Crippen LogP contribution in [0.4, 0.5) is 0 Å². The summed E-state index contributed by atoms with van der Waals surface area (Å²) in [6.45, 7) is 3.59. The van der Waals surface area contributed by atoms with Gasteiger partial charge in [0.15, 0.2) is 0 Å². The summed E-state index contributed by atoms with van der Waals surface area (Å²) >= 11 is 0. The number of rotatable bonds is 3. The van der Waals surface area contributed by atoms with Gasteiger partial charge in [0.1, 0.15) is 0 Å². The maximum atomic E-state index is 5.90. The average Bonchev–Trinajstić information content (AvgIpc) is 2.64. The zero-order chi connectivity index (χ0) is 11.5. The summed E-state index contributed by atoms with van der Waals surface area (Å²) < 4.78 is 0. The van der Waals surface area contributed by atoms with Gasteiger partial charge >= 0.3 is 0 Å². The van der Waals surface area contributed by atoms with Crippen LogP contribution >= 0.6 is 0 Å². The normalized spacial score (nSPS) is 39.5. The van der Waals surface area contributed by atoms with E-state index < -0.39 is 0 Å². The van der Waals surface area contributed by atoms with Crippen LogP contribution < -0.4 is 5.73 Å². The van der Waals surface area contributed by atoms with E-state index in [9.17, 15) is 0 Å². The Morgan fingerprint density at radius 1 is 1.25 bits per heavy atom. The van der Waals surface area contributed by atoms with E-state index in [1.807, 2.05) is 0 Å². The second-order valence-electron chi connectivity index (χ2n) is 5.91. The average molecular weight is 222 g/mol. The largest absolute Gasteiger partial charge is 0.324 e. The lowest BCUT2D eigenvalue weighted by Crippen LogP contribution is -2.38. The van der Waals surface area contributed by atoms with Crippen molar-refractivity contribution >= 4 is 0 Å². The Hall–Kier alpha value is -0.340. The Morgan fingerprint density at radius 2 is 2.06 bits per heavy atom. The molecule has 0 amide bonds. The molecule has 0 radical (unpaired) electrons. The second kappa shape index (κ2) is 5.33. The zero-order valence-corrected chi connectivity index (χ0v) is 10.7. The van der Waals surface area contributed by atoms with Crippen molar-refractivity contribution in [2.24, 2.45) is 17.6 Å². The van der Waals surface area contributed by atoms with E-state index in [2.05, 4.69) is 31.0 Å². The highest BCUT2D eigenvalue weighted by atomic mass is 15.1. The molecule has 2 aliphatic carbocycles. The summed E-state index contributed by atoms with van der Waals surface area (Å²) in [5.74, 6) is 1.61. The minimum atomic E-state index is 0.309. The van der Waals surface area contributed by atoms with Crippen LogP contribution in [0.3, 0.4) is 0 Å². The molecule has 0 aromatic heterocycles. The molecule has 16 heavy (non-hydrogen) atoms. The number of hydrogen-bond acceptors (Lipinski definition) is 2. The van der Waals surface area contributed by atoms with E-state index in [0.717, 1.165) is 18.4 Å². The number of nitrogens with zero attached hydrogens (tertiary/aromatic N) is 1. The first kappa shape index (κ1) is 12.1. The molecule has 2 rings (SSSR count). The minimum absolute atomic E-state index is 0.309. The molecule has 4 unspecified atom stereocenters. The Kier molecular flexibility index (Phi) is 4.04. The van der Waals surface area contributed by atoms with Gasteiger partial charge in [-0.2, -0.15) is 0 Å². The highest BCUT2D eigenvalue weighted by Crippen LogP contribution is 2.28. The van der Waals surface area contributed by atoms with Crippen LogP contribution in [-0.2, 0) is 0 Å². The van der Waals surface area contributed by atoms with Crippen molar-refractivity contribution in [1.29, 1.82) is 0 Å². The topological polar surface area (TPSA) is 29.3 Å². The quantitative estimate of drug-likeness (QED) is 0.743. The fraction of sp³-hybridized carbons (Fsp3) is 0.857.